The molecule has 2 rings (SSSR count). The number of nitrogens with zero attached hydrogens (tertiary/aromatic N) is 1. The molecule has 0 saturated heterocycles. The SMILES string of the molecule is COc1ccc(Cc2ccnc(=S)[nH]2)c(OC)c1. The Morgan fingerprint density at radius 1 is 1.22 bits per heavy atom. The molecule has 1 heterocycles. The Balaban J connectivity index is 2.31. The van der Waals surface area contributed by atoms with Crippen molar-refractivity contribution in [3.63, 3.8) is 0 Å². The fourth-order valence-corrected chi connectivity index (χ4v) is 1.90. The molecule has 2 aromatic rings. The smallest absolute Gasteiger partial charge is 0.196 e. The number of nitrogens with one attached hydrogen (secondary N) is 1. The summed E-state index contributed by atoms with van der Waals surface area (Å²) in [5.74, 6) is 1.57. The van der Waals surface area contributed by atoms with Gasteiger partial charge in [0.05, 0.1) is 14.2 Å². The van der Waals surface area contributed by atoms with Crippen LogP contribution in [0.3, 0.4) is 0 Å². The molecule has 94 valence electrons. The maximum absolute atomic E-state index is 5.35. The molecule has 18 heavy (non-hydrogen) atoms. The van der Waals surface area contributed by atoms with Crippen LogP contribution in [0.5, 0.6) is 11.5 Å². The van der Waals surface area contributed by atoms with Crippen LogP contribution in [-0.2, 0) is 6.42 Å². The van der Waals surface area contributed by atoms with Gasteiger partial charge in [-0.3, -0.25) is 0 Å². The standard InChI is InChI=1S/C13H14N2O2S/c1-16-11-4-3-9(12(8-11)17-2)7-10-5-6-14-13(18)15-10/h3-6,8H,7H2,1-2H3,(H,14,15,18). The summed E-state index contributed by atoms with van der Waals surface area (Å²) >= 11 is 5.00. The van der Waals surface area contributed by atoms with Crippen LogP contribution in [0, 0.1) is 4.77 Å². The van der Waals surface area contributed by atoms with E-state index in [2.05, 4.69) is 9.97 Å². The minimum atomic E-state index is 0.486. The number of H-pyrrole nitrogens is 1. The number of rotatable bonds is 4. The molecule has 1 N–H and O–H groups in total. The first-order chi connectivity index (χ1) is 8.72. The van der Waals surface area contributed by atoms with Crippen molar-refractivity contribution in [2.75, 3.05) is 14.2 Å². The molecule has 5 heteroatoms. The van der Waals surface area contributed by atoms with E-state index in [9.17, 15) is 0 Å². The van der Waals surface area contributed by atoms with Gasteiger partial charge in [-0.15, -0.1) is 0 Å². The number of aromatic nitrogens is 2. The van der Waals surface area contributed by atoms with E-state index in [0.717, 1.165) is 22.8 Å². The minimum Gasteiger partial charge on any atom is -0.497 e. The number of aromatic amines is 1. The van der Waals surface area contributed by atoms with E-state index in [4.69, 9.17) is 21.7 Å². The lowest BCUT2D eigenvalue weighted by Gasteiger charge is -2.10. The van der Waals surface area contributed by atoms with E-state index in [-0.39, 0.29) is 0 Å². The number of ether oxygens (including phenoxy) is 2. The molecule has 0 bridgehead atoms. The van der Waals surface area contributed by atoms with Crippen LogP contribution in [0.15, 0.2) is 30.5 Å². The Morgan fingerprint density at radius 3 is 2.72 bits per heavy atom. The molecule has 0 unspecified atom stereocenters. The van der Waals surface area contributed by atoms with Gasteiger partial charge in [-0.2, -0.15) is 0 Å². The van der Waals surface area contributed by atoms with Crippen molar-refractivity contribution in [1.82, 2.24) is 9.97 Å². The summed E-state index contributed by atoms with van der Waals surface area (Å²) in [6, 6.07) is 7.66. The molecule has 1 aromatic carbocycles. The van der Waals surface area contributed by atoms with Gasteiger partial charge in [-0.25, -0.2) is 4.98 Å². The van der Waals surface area contributed by atoms with Crippen molar-refractivity contribution >= 4 is 12.2 Å². The number of benzene rings is 1. The zero-order valence-electron chi connectivity index (χ0n) is 10.3. The Hall–Kier alpha value is -1.88. The van der Waals surface area contributed by atoms with Gasteiger partial charge in [0.25, 0.3) is 0 Å². The van der Waals surface area contributed by atoms with Crippen LogP contribution >= 0.6 is 12.2 Å². The van der Waals surface area contributed by atoms with Crippen LogP contribution in [0.1, 0.15) is 11.3 Å². The summed E-state index contributed by atoms with van der Waals surface area (Å²) in [5.41, 5.74) is 2.06. The highest BCUT2D eigenvalue weighted by molar-refractivity contribution is 7.71. The van der Waals surface area contributed by atoms with Crippen molar-refractivity contribution < 1.29 is 9.47 Å². The number of hydrogen-bond donors (Lipinski definition) is 1. The third-order valence-electron chi connectivity index (χ3n) is 2.61. The second kappa shape index (κ2) is 5.64. The molecule has 0 radical (unpaired) electrons. The highest BCUT2D eigenvalue weighted by Crippen LogP contribution is 2.26. The normalized spacial score (nSPS) is 10.1. The summed E-state index contributed by atoms with van der Waals surface area (Å²) in [6.45, 7) is 0. The number of methoxy groups -OCH3 is 2. The van der Waals surface area contributed by atoms with Gasteiger partial charge in [0, 0.05) is 29.9 Å². The molecule has 0 amide bonds. The lowest BCUT2D eigenvalue weighted by atomic mass is 10.1. The first kappa shape index (κ1) is 12.6. The van der Waals surface area contributed by atoms with Gasteiger partial charge in [0.1, 0.15) is 11.5 Å². The molecule has 0 saturated carbocycles. The van der Waals surface area contributed by atoms with Gasteiger partial charge >= 0.3 is 0 Å². The molecular weight excluding hydrogens is 248 g/mol. The van der Waals surface area contributed by atoms with Crippen LogP contribution < -0.4 is 9.47 Å². The highest BCUT2D eigenvalue weighted by Gasteiger charge is 2.06. The third kappa shape index (κ3) is 2.87. The van der Waals surface area contributed by atoms with Gasteiger partial charge in [-0.1, -0.05) is 6.07 Å². The topological polar surface area (TPSA) is 47.1 Å². The summed E-state index contributed by atoms with van der Waals surface area (Å²) < 4.78 is 11.0. The predicted octanol–water partition coefficient (Wildman–Crippen LogP) is 2.75. The molecule has 4 nitrogen and oxygen atoms in total. The Kier molecular flexibility index (Phi) is 3.94. The molecule has 0 atom stereocenters. The fraction of sp³-hybridized carbons (Fsp3) is 0.231. The number of hydrogen-bond acceptors (Lipinski definition) is 4. The zero-order chi connectivity index (χ0) is 13.0. The quantitative estimate of drug-likeness (QED) is 0.861. The summed E-state index contributed by atoms with van der Waals surface area (Å²) in [4.78, 5) is 7.01. The largest absolute Gasteiger partial charge is 0.497 e. The Labute approximate surface area is 111 Å². The lowest BCUT2D eigenvalue weighted by Crippen LogP contribution is -1.97. The van der Waals surface area contributed by atoms with Gasteiger partial charge in [0.15, 0.2) is 4.77 Å². The summed E-state index contributed by atoms with van der Waals surface area (Å²) in [7, 11) is 3.28. The van der Waals surface area contributed by atoms with E-state index in [1.165, 1.54) is 0 Å². The van der Waals surface area contributed by atoms with E-state index < -0.39 is 0 Å². The first-order valence-electron chi connectivity index (χ1n) is 5.48. The maximum atomic E-state index is 5.35. The van der Waals surface area contributed by atoms with Crippen LogP contribution in [-0.4, -0.2) is 24.2 Å². The predicted molar refractivity (Wildman–Crippen MR) is 71.8 cm³/mol. The Morgan fingerprint density at radius 2 is 2.06 bits per heavy atom. The van der Waals surface area contributed by atoms with Gasteiger partial charge < -0.3 is 14.5 Å². The molecular formula is C13H14N2O2S. The Bertz CT molecular complexity index is 596. The summed E-state index contributed by atoms with van der Waals surface area (Å²) in [5, 5.41) is 0. The van der Waals surface area contributed by atoms with Crippen molar-refractivity contribution in [3.8, 4) is 11.5 Å². The van der Waals surface area contributed by atoms with Crippen molar-refractivity contribution in [2.24, 2.45) is 0 Å². The highest BCUT2D eigenvalue weighted by atomic mass is 32.1. The second-order valence-electron chi connectivity index (χ2n) is 3.75. The second-order valence-corrected chi connectivity index (χ2v) is 4.14. The molecule has 0 aliphatic heterocycles. The average molecular weight is 262 g/mol. The molecule has 0 fully saturated rings. The minimum absolute atomic E-state index is 0.486. The van der Waals surface area contributed by atoms with Crippen molar-refractivity contribution in [2.45, 2.75) is 6.42 Å². The summed E-state index contributed by atoms with van der Waals surface area (Å²) in [6.07, 6.45) is 2.41. The van der Waals surface area contributed by atoms with E-state index in [0.29, 0.717) is 11.2 Å². The van der Waals surface area contributed by atoms with Crippen molar-refractivity contribution in [3.05, 3.63) is 46.5 Å². The molecule has 1 aromatic heterocycles. The van der Waals surface area contributed by atoms with E-state index in [1.807, 2.05) is 24.3 Å². The van der Waals surface area contributed by atoms with E-state index >= 15 is 0 Å². The van der Waals surface area contributed by atoms with Crippen LogP contribution in [0.25, 0.3) is 0 Å². The van der Waals surface area contributed by atoms with E-state index in [1.54, 1.807) is 20.4 Å². The lowest BCUT2D eigenvalue weighted by molar-refractivity contribution is 0.391. The van der Waals surface area contributed by atoms with Crippen LogP contribution in [0.4, 0.5) is 0 Å². The molecule has 0 spiro atoms. The van der Waals surface area contributed by atoms with Crippen LogP contribution in [0.2, 0.25) is 0 Å². The van der Waals surface area contributed by atoms with Crippen molar-refractivity contribution in [1.29, 1.82) is 0 Å². The fourth-order valence-electron chi connectivity index (χ4n) is 1.71. The first-order valence-corrected chi connectivity index (χ1v) is 5.89. The monoisotopic (exact) mass is 262 g/mol. The molecule has 0 aliphatic carbocycles. The molecule has 0 aliphatic rings. The third-order valence-corrected chi connectivity index (χ3v) is 2.82. The maximum Gasteiger partial charge on any atom is 0.196 e. The average Bonchev–Trinajstić information content (AvgIpc) is 2.39. The van der Waals surface area contributed by atoms with Gasteiger partial charge in [0.2, 0.25) is 0 Å². The zero-order valence-corrected chi connectivity index (χ0v) is 11.1. The van der Waals surface area contributed by atoms with Gasteiger partial charge in [-0.05, 0) is 24.4 Å².